The fraction of sp³-hybridized carbons (Fsp3) is 0.0526. The van der Waals surface area contributed by atoms with Gasteiger partial charge in [-0.15, -0.1) is 0 Å². The summed E-state index contributed by atoms with van der Waals surface area (Å²) in [6, 6.07) is 17.9. The predicted molar refractivity (Wildman–Crippen MR) is 99.5 cm³/mol. The maximum Gasteiger partial charge on any atom is 0.128 e. The van der Waals surface area contributed by atoms with Crippen molar-refractivity contribution in [2.24, 2.45) is 5.73 Å². The van der Waals surface area contributed by atoms with E-state index in [1.807, 2.05) is 42.5 Å². The minimum absolute atomic E-state index is 0.283. The van der Waals surface area contributed by atoms with E-state index in [-0.39, 0.29) is 6.04 Å². The molecule has 118 valence electrons. The van der Waals surface area contributed by atoms with Crippen LogP contribution < -0.4 is 5.73 Å². The molecule has 0 amide bonds. The van der Waals surface area contributed by atoms with Crippen molar-refractivity contribution in [2.75, 3.05) is 0 Å². The Morgan fingerprint density at radius 3 is 2.42 bits per heavy atom. The molecule has 0 saturated carbocycles. The maximum absolute atomic E-state index is 6.36. The van der Waals surface area contributed by atoms with E-state index in [2.05, 4.69) is 43.0 Å². The number of benzene rings is 2. The zero-order chi connectivity index (χ0) is 16.5. The summed E-state index contributed by atoms with van der Waals surface area (Å²) in [4.78, 5) is 12.1. The summed E-state index contributed by atoms with van der Waals surface area (Å²) in [5, 5.41) is 0. The number of nitrogens with two attached hydrogens (primary N) is 1. The van der Waals surface area contributed by atoms with Gasteiger partial charge in [0.2, 0.25) is 0 Å². The SMILES string of the molecule is NC(c1ccc(Br)cc1)c1nc2ccc(-c3ccncc3)cc2[nH]1. The number of rotatable bonds is 3. The second kappa shape index (κ2) is 6.19. The number of halogens is 1. The highest BCUT2D eigenvalue weighted by molar-refractivity contribution is 9.10. The summed E-state index contributed by atoms with van der Waals surface area (Å²) in [7, 11) is 0. The number of hydrogen-bond donors (Lipinski definition) is 2. The van der Waals surface area contributed by atoms with E-state index in [9.17, 15) is 0 Å². The summed E-state index contributed by atoms with van der Waals surface area (Å²) in [5.41, 5.74) is 11.5. The van der Waals surface area contributed by atoms with E-state index < -0.39 is 0 Å². The van der Waals surface area contributed by atoms with Crippen LogP contribution in [0.5, 0.6) is 0 Å². The third kappa shape index (κ3) is 2.84. The van der Waals surface area contributed by atoms with Crippen LogP contribution in [0.2, 0.25) is 0 Å². The molecule has 0 fully saturated rings. The van der Waals surface area contributed by atoms with Crippen LogP contribution in [-0.2, 0) is 0 Å². The Morgan fingerprint density at radius 1 is 0.917 bits per heavy atom. The average Bonchev–Trinajstić information content (AvgIpc) is 3.06. The maximum atomic E-state index is 6.36. The zero-order valence-electron chi connectivity index (χ0n) is 12.8. The molecular formula is C19H15BrN4. The van der Waals surface area contributed by atoms with Crippen molar-refractivity contribution in [3.05, 3.63) is 82.9 Å². The molecule has 5 heteroatoms. The molecule has 0 radical (unpaired) electrons. The van der Waals surface area contributed by atoms with Crippen LogP contribution >= 0.6 is 15.9 Å². The Kier molecular flexibility index (Phi) is 3.88. The smallest absolute Gasteiger partial charge is 0.128 e. The lowest BCUT2D eigenvalue weighted by Gasteiger charge is -2.08. The van der Waals surface area contributed by atoms with Crippen LogP contribution in [-0.4, -0.2) is 15.0 Å². The summed E-state index contributed by atoms with van der Waals surface area (Å²) < 4.78 is 1.03. The van der Waals surface area contributed by atoms with Gasteiger partial charge in [0.1, 0.15) is 5.82 Å². The minimum Gasteiger partial charge on any atom is -0.340 e. The normalized spacial score (nSPS) is 12.4. The van der Waals surface area contributed by atoms with Crippen LogP contribution in [0.4, 0.5) is 0 Å². The Bertz CT molecular complexity index is 977. The van der Waals surface area contributed by atoms with E-state index in [0.29, 0.717) is 0 Å². The first-order valence-corrected chi connectivity index (χ1v) is 8.41. The molecular weight excluding hydrogens is 364 g/mol. The average molecular weight is 379 g/mol. The number of H-pyrrole nitrogens is 1. The predicted octanol–water partition coefficient (Wildman–Crippen LogP) is 4.44. The highest BCUT2D eigenvalue weighted by Crippen LogP contribution is 2.26. The molecule has 2 aromatic carbocycles. The van der Waals surface area contributed by atoms with Crippen LogP contribution in [0.3, 0.4) is 0 Å². The Morgan fingerprint density at radius 2 is 1.67 bits per heavy atom. The number of aromatic nitrogens is 3. The molecule has 4 aromatic rings. The summed E-state index contributed by atoms with van der Waals surface area (Å²) in [6.07, 6.45) is 3.59. The van der Waals surface area contributed by atoms with Crippen molar-refractivity contribution in [3.63, 3.8) is 0 Å². The Labute approximate surface area is 147 Å². The Balaban J connectivity index is 1.72. The first-order valence-electron chi connectivity index (χ1n) is 7.62. The van der Waals surface area contributed by atoms with E-state index in [0.717, 1.165) is 38.0 Å². The lowest BCUT2D eigenvalue weighted by atomic mass is 10.1. The fourth-order valence-corrected chi connectivity index (χ4v) is 2.99. The molecule has 2 aromatic heterocycles. The molecule has 4 nitrogen and oxygen atoms in total. The number of fused-ring (bicyclic) bond motifs is 1. The van der Waals surface area contributed by atoms with Gasteiger partial charge >= 0.3 is 0 Å². The fourth-order valence-electron chi connectivity index (χ4n) is 2.73. The molecule has 0 aliphatic heterocycles. The van der Waals surface area contributed by atoms with E-state index in [1.54, 1.807) is 12.4 Å². The third-order valence-corrected chi connectivity index (χ3v) is 4.57. The summed E-state index contributed by atoms with van der Waals surface area (Å²) >= 11 is 3.44. The van der Waals surface area contributed by atoms with Crippen LogP contribution in [0.25, 0.3) is 22.2 Å². The molecule has 0 spiro atoms. The van der Waals surface area contributed by atoms with Crippen LogP contribution in [0.15, 0.2) is 71.5 Å². The standard InChI is InChI=1S/C19H15BrN4/c20-15-4-1-13(2-5-15)18(21)19-23-16-6-3-14(11-17(16)24-19)12-7-9-22-10-8-12/h1-11,18H,21H2,(H,23,24). The van der Waals surface area contributed by atoms with Gasteiger partial charge < -0.3 is 10.7 Å². The van der Waals surface area contributed by atoms with Crippen molar-refractivity contribution in [1.82, 2.24) is 15.0 Å². The first-order chi connectivity index (χ1) is 11.7. The molecule has 1 unspecified atom stereocenters. The van der Waals surface area contributed by atoms with Gasteiger partial charge in [-0.25, -0.2) is 4.98 Å². The number of hydrogen-bond acceptors (Lipinski definition) is 3. The highest BCUT2D eigenvalue weighted by Gasteiger charge is 2.14. The van der Waals surface area contributed by atoms with Crippen molar-refractivity contribution < 1.29 is 0 Å². The Hall–Kier alpha value is -2.50. The van der Waals surface area contributed by atoms with Crippen molar-refractivity contribution in [1.29, 1.82) is 0 Å². The van der Waals surface area contributed by atoms with Crippen LogP contribution in [0, 0.1) is 0 Å². The van der Waals surface area contributed by atoms with Gasteiger partial charge in [-0.1, -0.05) is 34.1 Å². The number of pyridine rings is 1. The number of nitrogens with zero attached hydrogens (tertiary/aromatic N) is 2. The monoisotopic (exact) mass is 378 g/mol. The second-order valence-electron chi connectivity index (χ2n) is 5.62. The van der Waals surface area contributed by atoms with Gasteiger partial charge in [0.05, 0.1) is 17.1 Å². The molecule has 0 saturated heterocycles. The zero-order valence-corrected chi connectivity index (χ0v) is 14.4. The molecule has 0 bridgehead atoms. The van der Waals surface area contributed by atoms with Gasteiger partial charge in [-0.2, -0.15) is 0 Å². The third-order valence-electron chi connectivity index (χ3n) is 4.04. The molecule has 3 N–H and O–H groups in total. The topological polar surface area (TPSA) is 67.6 Å². The molecule has 1 atom stereocenters. The molecule has 2 heterocycles. The second-order valence-corrected chi connectivity index (χ2v) is 6.53. The van der Waals surface area contributed by atoms with Crippen molar-refractivity contribution >= 4 is 27.0 Å². The number of imidazole rings is 1. The highest BCUT2D eigenvalue weighted by atomic mass is 79.9. The number of aromatic amines is 1. The van der Waals surface area contributed by atoms with Gasteiger partial charge in [0.15, 0.2) is 0 Å². The largest absolute Gasteiger partial charge is 0.340 e. The first kappa shape index (κ1) is 15.1. The minimum atomic E-state index is -0.283. The lowest BCUT2D eigenvalue weighted by molar-refractivity contribution is 0.805. The number of nitrogens with one attached hydrogen (secondary N) is 1. The molecule has 24 heavy (non-hydrogen) atoms. The molecule has 0 aliphatic rings. The van der Waals surface area contributed by atoms with Gasteiger partial charge in [0, 0.05) is 16.9 Å². The van der Waals surface area contributed by atoms with Gasteiger partial charge in [-0.05, 0) is 53.1 Å². The van der Waals surface area contributed by atoms with E-state index in [1.165, 1.54) is 0 Å². The van der Waals surface area contributed by atoms with Crippen LogP contribution in [0.1, 0.15) is 17.4 Å². The molecule has 0 aliphatic carbocycles. The van der Waals surface area contributed by atoms with E-state index in [4.69, 9.17) is 5.73 Å². The van der Waals surface area contributed by atoms with Crippen molar-refractivity contribution in [2.45, 2.75) is 6.04 Å². The summed E-state index contributed by atoms with van der Waals surface area (Å²) in [5.74, 6) is 0.763. The van der Waals surface area contributed by atoms with E-state index >= 15 is 0 Å². The lowest BCUT2D eigenvalue weighted by Crippen LogP contribution is -2.13. The van der Waals surface area contributed by atoms with Crippen molar-refractivity contribution in [3.8, 4) is 11.1 Å². The molecule has 4 rings (SSSR count). The summed E-state index contributed by atoms with van der Waals surface area (Å²) in [6.45, 7) is 0. The van der Waals surface area contributed by atoms with Gasteiger partial charge in [-0.3, -0.25) is 4.98 Å². The van der Waals surface area contributed by atoms with Gasteiger partial charge in [0.25, 0.3) is 0 Å². The quantitative estimate of drug-likeness (QED) is 0.553.